The minimum Gasteiger partial charge on any atom is -0.457 e. The third-order valence-corrected chi connectivity index (χ3v) is 4.43. The lowest BCUT2D eigenvalue weighted by Gasteiger charge is -2.17. The van der Waals surface area contributed by atoms with Crippen molar-refractivity contribution in [3.05, 3.63) is 57.2 Å². The number of halogens is 1. The van der Waals surface area contributed by atoms with Crippen molar-refractivity contribution in [1.29, 1.82) is 0 Å². The maximum atomic E-state index is 12.0. The van der Waals surface area contributed by atoms with Crippen molar-refractivity contribution in [3.8, 4) is 0 Å². The first kappa shape index (κ1) is 18.2. The summed E-state index contributed by atoms with van der Waals surface area (Å²) in [7, 11) is 0. The predicted octanol–water partition coefficient (Wildman–Crippen LogP) is 3.39. The molecule has 0 fully saturated rings. The largest absolute Gasteiger partial charge is 0.457 e. The Kier molecular flexibility index (Phi) is 6.52. The molecule has 0 saturated heterocycles. The Bertz CT molecular complexity index is 729. The number of ether oxygens (including phenoxy) is 1. The molecule has 2 rings (SSSR count). The van der Waals surface area contributed by atoms with Crippen molar-refractivity contribution < 1.29 is 19.1 Å². The highest BCUT2D eigenvalue weighted by Gasteiger charge is 2.19. The lowest BCUT2D eigenvalue weighted by molar-refractivity contribution is -0.143. The zero-order chi connectivity index (χ0) is 17.5. The molecule has 5 nitrogen and oxygen atoms in total. The van der Waals surface area contributed by atoms with Gasteiger partial charge in [0.2, 0.25) is 11.7 Å². The standard InChI is InChI=1S/C17H16ClNO4S/c1-11(20)19-13(12-5-3-2-4-6-12)9-17(22)23-10-14(21)15-7-8-16(18)24-15/h2-8,13H,9-10H2,1H3,(H,19,20). The Morgan fingerprint density at radius 2 is 1.88 bits per heavy atom. The number of amides is 1. The van der Waals surface area contributed by atoms with Crippen molar-refractivity contribution in [1.82, 2.24) is 5.32 Å². The molecule has 0 saturated carbocycles. The average Bonchev–Trinajstić information content (AvgIpc) is 2.99. The molecule has 2 aromatic rings. The van der Waals surface area contributed by atoms with Crippen molar-refractivity contribution in [2.45, 2.75) is 19.4 Å². The van der Waals surface area contributed by atoms with Crippen LogP contribution in [0.25, 0.3) is 0 Å². The summed E-state index contributed by atoms with van der Waals surface area (Å²) in [5, 5.41) is 2.71. The van der Waals surface area contributed by atoms with E-state index in [1.807, 2.05) is 30.3 Å². The van der Waals surface area contributed by atoms with Gasteiger partial charge in [0.25, 0.3) is 0 Å². The fourth-order valence-electron chi connectivity index (χ4n) is 2.09. The number of benzene rings is 1. The van der Waals surface area contributed by atoms with Crippen LogP contribution in [0.2, 0.25) is 4.34 Å². The summed E-state index contributed by atoms with van der Waals surface area (Å²) < 4.78 is 5.52. The molecule has 0 radical (unpaired) electrons. The molecule has 1 atom stereocenters. The van der Waals surface area contributed by atoms with E-state index in [-0.39, 0.29) is 24.7 Å². The highest BCUT2D eigenvalue weighted by Crippen LogP contribution is 2.22. The maximum Gasteiger partial charge on any atom is 0.308 e. The number of thiophene rings is 1. The Morgan fingerprint density at radius 3 is 2.46 bits per heavy atom. The van der Waals surface area contributed by atoms with Crippen LogP contribution in [0.15, 0.2) is 42.5 Å². The second-order valence-corrected chi connectivity index (χ2v) is 6.77. The number of rotatable bonds is 7. The van der Waals surface area contributed by atoms with E-state index in [2.05, 4.69) is 5.32 Å². The summed E-state index contributed by atoms with van der Waals surface area (Å²) in [6.07, 6.45) is -0.0535. The first-order valence-electron chi connectivity index (χ1n) is 7.22. The second-order valence-electron chi connectivity index (χ2n) is 5.06. The molecule has 0 bridgehead atoms. The van der Waals surface area contributed by atoms with E-state index in [9.17, 15) is 14.4 Å². The van der Waals surface area contributed by atoms with Gasteiger partial charge in [0.05, 0.1) is 21.7 Å². The fourth-order valence-corrected chi connectivity index (χ4v) is 3.06. The van der Waals surface area contributed by atoms with Gasteiger partial charge in [-0.25, -0.2) is 0 Å². The Morgan fingerprint density at radius 1 is 1.17 bits per heavy atom. The number of Topliss-reactive ketones (excluding diaryl/α,β-unsaturated/α-hetero) is 1. The Balaban J connectivity index is 1.93. The van der Waals surface area contributed by atoms with Gasteiger partial charge in [-0.1, -0.05) is 41.9 Å². The zero-order valence-electron chi connectivity index (χ0n) is 13.0. The van der Waals surface area contributed by atoms with Crippen LogP contribution in [0, 0.1) is 0 Å². The predicted molar refractivity (Wildman–Crippen MR) is 92.2 cm³/mol. The summed E-state index contributed by atoms with van der Waals surface area (Å²) >= 11 is 6.90. The summed E-state index contributed by atoms with van der Waals surface area (Å²) in [5.41, 5.74) is 0.793. The molecular weight excluding hydrogens is 350 g/mol. The monoisotopic (exact) mass is 365 g/mol. The molecule has 0 spiro atoms. The summed E-state index contributed by atoms with van der Waals surface area (Å²) in [5.74, 6) is -1.12. The van der Waals surface area contributed by atoms with Crippen molar-refractivity contribution in [2.75, 3.05) is 6.61 Å². The van der Waals surface area contributed by atoms with Gasteiger partial charge in [0.15, 0.2) is 6.61 Å². The molecule has 0 aliphatic heterocycles. The van der Waals surface area contributed by atoms with Gasteiger partial charge in [-0.05, 0) is 17.7 Å². The number of hydrogen-bond donors (Lipinski definition) is 1. The van der Waals surface area contributed by atoms with Gasteiger partial charge < -0.3 is 10.1 Å². The fraction of sp³-hybridized carbons (Fsp3) is 0.235. The van der Waals surface area contributed by atoms with Crippen LogP contribution in [-0.4, -0.2) is 24.3 Å². The van der Waals surface area contributed by atoms with Crippen LogP contribution in [0.3, 0.4) is 0 Å². The summed E-state index contributed by atoms with van der Waals surface area (Å²) in [4.78, 5) is 35.7. The van der Waals surface area contributed by atoms with Gasteiger partial charge >= 0.3 is 5.97 Å². The molecule has 126 valence electrons. The third kappa shape index (κ3) is 5.47. The number of esters is 1. The minimum atomic E-state index is -0.561. The second kappa shape index (κ2) is 8.61. The smallest absolute Gasteiger partial charge is 0.308 e. The van der Waals surface area contributed by atoms with E-state index < -0.39 is 12.0 Å². The summed E-state index contributed by atoms with van der Waals surface area (Å²) in [6, 6.07) is 11.8. The lowest BCUT2D eigenvalue weighted by Crippen LogP contribution is -2.29. The molecule has 24 heavy (non-hydrogen) atoms. The zero-order valence-corrected chi connectivity index (χ0v) is 14.5. The van der Waals surface area contributed by atoms with Crippen molar-refractivity contribution in [3.63, 3.8) is 0 Å². The number of nitrogens with one attached hydrogen (secondary N) is 1. The molecule has 1 aromatic heterocycles. The van der Waals surface area contributed by atoms with Crippen LogP contribution in [0.4, 0.5) is 0 Å². The van der Waals surface area contributed by atoms with Crippen molar-refractivity contribution in [2.24, 2.45) is 0 Å². The molecule has 0 aliphatic carbocycles. The Hall–Kier alpha value is -2.18. The van der Waals surface area contributed by atoms with Crippen LogP contribution < -0.4 is 5.32 Å². The van der Waals surface area contributed by atoms with E-state index >= 15 is 0 Å². The third-order valence-electron chi connectivity index (χ3n) is 3.16. The molecule has 7 heteroatoms. The lowest BCUT2D eigenvalue weighted by atomic mass is 10.0. The quantitative estimate of drug-likeness (QED) is 0.603. The number of ketones is 1. The van der Waals surface area contributed by atoms with Crippen LogP contribution in [0.5, 0.6) is 0 Å². The summed E-state index contributed by atoms with van der Waals surface area (Å²) in [6.45, 7) is 1.03. The van der Waals surface area contributed by atoms with E-state index in [0.29, 0.717) is 9.21 Å². The van der Waals surface area contributed by atoms with E-state index in [1.54, 1.807) is 12.1 Å². The topological polar surface area (TPSA) is 72.5 Å². The minimum absolute atomic E-state index is 0.0535. The first-order chi connectivity index (χ1) is 11.5. The van der Waals surface area contributed by atoms with Crippen LogP contribution in [0.1, 0.15) is 34.6 Å². The number of hydrogen-bond acceptors (Lipinski definition) is 5. The molecule has 1 amide bonds. The molecular formula is C17H16ClNO4S. The van der Waals surface area contributed by atoms with Gasteiger partial charge in [-0.3, -0.25) is 14.4 Å². The molecule has 1 unspecified atom stereocenters. The van der Waals surface area contributed by atoms with Gasteiger partial charge in [-0.15, -0.1) is 11.3 Å². The molecule has 1 N–H and O–H groups in total. The van der Waals surface area contributed by atoms with Crippen LogP contribution >= 0.6 is 22.9 Å². The van der Waals surface area contributed by atoms with Gasteiger partial charge in [0, 0.05) is 6.92 Å². The average molecular weight is 366 g/mol. The van der Waals surface area contributed by atoms with Crippen molar-refractivity contribution >= 4 is 40.6 Å². The first-order valence-corrected chi connectivity index (χ1v) is 8.41. The van der Waals surface area contributed by atoms with E-state index in [0.717, 1.165) is 16.9 Å². The molecule has 1 heterocycles. The van der Waals surface area contributed by atoms with Crippen LogP contribution in [-0.2, 0) is 14.3 Å². The van der Waals surface area contributed by atoms with Gasteiger partial charge in [-0.2, -0.15) is 0 Å². The van der Waals surface area contributed by atoms with Gasteiger partial charge in [0.1, 0.15) is 0 Å². The maximum absolute atomic E-state index is 12.0. The molecule has 0 aliphatic rings. The Labute approximate surface area is 148 Å². The van der Waals surface area contributed by atoms with E-state index in [4.69, 9.17) is 16.3 Å². The SMILES string of the molecule is CC(=O)NC(CC(=O)OCC(=O)c1ccc(Cl)s1)c1ccccc1. The number of carbonyl (C=O) groups excluding carboxylic acids is 3. The number of carbonyl (C=O) groups is 3. The highest BCUT2D eigenvalue weighted by atomic mass is 35.5. The highest BCUT2D eigenvalue weighted by molar-refractivity contribution is 7.18. The van der Waals surface area contributed by atoms with E-state index in [1.165, 1.54) is 6.92 Å². The normalized spacial score (nSPS) is 11.6. The molecule has 1 aromatic carbocycles.